The van der Waals surface area contributed by atoms with Gasteiger partial charge >= 0.3 is 0 Å². The van der Waals surface area contributed by atoms with Crippen molar-refractivity contribution < 1.29 is 29.9 Å². The zero-order chi connectivity index (χ0) is 14.0. The summed E-state index contributed by atoms with van der Waals surface area (Å²) >= 11 is 0. The number of rotatable bonds is 3. The van der Waals surface area contributed by atoms with Crippen molar-refractivity contribution >= 4 is 0 Å². The summed E-state index contributed by atoms with van der Waals surface area (Å²) in [5.74, 6) is 0.468. The molecule has 1 aromatic carbocycles. The van der Waals surface area contributed by atoms with Crippen LogP contribution in [0.25, 0.3) is 0 Å². The van der Waals surface area contributed by atoms with Gasteiger partial charge in [-0.15, -0.1) is 0 Å². The van der Waals surface area contributed by atoms with Gasteiger partial charge in [-0.3, -0.25) is 0 Å². The molecule has 1 aromatic rings. The van der Waals surface area contributed by atoms with Crippen LogP contribution in [-0.4, -0.2) is 57.7 Å². The fraction of sp³-hybridized carbons (Fsp3) is 0.538. The molecule has 19 heavy (non-hydrogen) atoms. The standard InChI is InChI=1S/C13H18O6/c1-7-2-4-8(5-3-7)18-13-12(17)11(16)10(15)9(6-14)19-13/h2-5,9-17H,6H2,1H3/t9?,10-,11+,12+,13?/m1/s1. The number of hydrogen-bond donors (Lipinski definition) is 4. The van der Waals surface area contributed by atoms with E-state index in [1.165, 1.54) is 0 Å². The van der Waals surface area contributed by atoms with E-state index in [0.717, 1.165) is 5.56 Å². The van der Waals surface area contributed by atoms with Gasteiger partial charge in [-0.1, -0.05) is 17.7 Å². The summed E-state index contributed by atoms with van der Waals surface area (Å²) in [4.78, 5) is 0. The maximum absolute atomic E-state index is 9.80. The van der Waals surface area contributed by atoms with Crippen molar-refractivity contribution in [1.29, 1.82) is 0 Å². The molecule has 1 fully saturated rings. The molecule has 2 unspecified atom stereocenters. The minimum absolute atomic E-state index is 0.468. The fourth-order valence-electron chi connectivity index (χ4n) is 1.92. The molecule has 6 heteroatoms. The summed E-state index contributed by atoms with van der Waals surface area (Å²) in [6, 6.07) is 7.08. The summed E-state index contributed by atoms with van der Waals surface area (Å²) in [5, 5.41) is 38.1. The predicted octanol–water partition coefficient (Wildman–Crippen LogP) is -0.826. The number of benzene rings is 1. The van der Waals surface area contributed by atoms with Gasteiger partial charge in [-0.25, -0.2) is 0 Å². The second kappa shape index (κ2) is 5.85. The minimum atomic E-state index is -1.43. The van der Waals surface area contributed by atoms with Crippen LogP contribution < -0.4 is 4.74 Å². The SMILES string of the molecule is Cc1ccc(OC2OC(CO)[C@@H](O)[C@H](O)[C@@H]2O)cc1. The molecule has 4 N–H and O–H groups in total. The van der Waals surface area contributed by atoms with Gasteiger partial charge in [0.15, 0.2) is 0 Å². The lowest BCUT2D eigenvalue weighted by Crippen LogP contribution is -2.60. The lowest BCUT2D eigenvalue weighted by atomic mass is 9.99. The average Bonchev–Trinajstić information content (AvgIpc) is 2.42. The Hall–Kier alpha value is -1.18. The van der Waals surface area contributed by atoms with Crippen LogP contribution in [0.2, 0.25) is 0 Å². The molecule has 1 aliphatic heterocycles. The third-order valence-electron chi connectivity index (χ3n) is 3.12. The van der Waals surface area contributed by atoms with E-state index in [9.17, 15) is 15.3 Å². The summed E-state index contributed by atoms with van der Waals surface area (Å²) in [6.45, 7) is 1.45. The van der Waals surface area contributed by atoms with Gasteiger partial charge in [0.2, 0.25) is 6.29 Å². The second-order valence-electron chi connectivity index (χ2n) is 4.63. The largest absolute Gasteiger partial charge is 0.462 e. The molecule has 1 heterocycles. The molecule has 0 aromatic heterocycles. The van der Waals surface area contributed by atoms with Gasteiger partial charge < -0.3 is 29.9 Å². The molecule has 5 atom stereocenters. The van der Waals surface area contributed by atoms with Crippen molar-refractivity contribution in [2.24, 2.45) is 0 Å². The average molecular weight is 270 g/mol. The maximum Gasteiger partial charge on any atom is 0.229 e. The van der Waals surface area contributed by atoms with E-state index in [4.69, 9.17) is 14.6 Å². The number of aryl methyl sites for hydroxylation is 1. The number of ether oxygens (including phenoxy) is 2. The number of aliphatic hydroxyl groups excluding tert-OH is 4. The highest BCUT2D eigenvalue weighted by atomic mass is 16.7. The van der Waals surface area contributed by atoms with E-state index in [-0.39, 0.29) is 0 Å². The lowest BCUT2D eigenvalue weighted by molar-refractivity contribution is -0.277. The first-order chi connectivity index (χ1) is 9.02. The highest BCUT2D eigenvalue weighted by Gasteiger charge is 2.44. The Morgan fingerprint density at radius 1 is 1.05 bits per heavy atom. The Kier molecular flexibility index (Phi) is 4.38. The van der Waals surface area contributed by atoms with E-state index < -0.39 is 37.3 Å². The smallest absolute Gasteiger partial charge is 0.229 e. The Bertz CT molecular complexity index is 404. The Balaban J connectivity index is 2.08. The van der Waals surface area contributed by atoms with Crippen molar-refractivity contribution in [3.8, 4) is 5.75 Å². The molecule has 106 valence electrons. The summed E-state index contributed by atoms with van der Waals surface area (Å²) in [5.41, 5.74) is 1.06. The molecule has 0 spiro atoms. The molecule has 0 aliphatic carbocycles. The summed E-state index contributed by atoms with van der Waals surface area (Å²) in [6.07, 6.45) is -6.30. The quantitative estimate of drug-likeness (QED) is 0.572. The van der Waals surface area contributed by atoms with Gasteiger partial charge in [0.1, 0.15) is 30.2 Å². The first kappa shape index (κ1) is 14.2. The number of hydrogen-bond acceptors (Lipinski definition) is 6. The fourth-order valence-corrected chi connectivity index (χ4v) is 1.92. The normalized spacial score (nSPS) is 35.1. The van der Waals surface area contributed by atoms with E-state index >= 15 is 0 Å². The molecule has 6 nitrogen and oxygen atoms in total. The van der Waals surface area contributed by atoms with Crippen LogP contribution in [-0.2, 0) is 4.74 Å². The van der Waals surface area contributed by atoms with Crippen LogP contribution in [0.1, 0.15) is 5.56 Å². The van der Waals surface area contributed by atoms with Gasteiger partial charge in [-0.2, -0.15) is 0 Å². The molecule has 0 amide bonds. The van der Waals surface area contributed by atoms with Crippen molar-refractivity contribution in [2.75, 3.05) is 6.61 Å². The van der Waals surface area contributed by atoms with Gasteiger partial charge in [-0.05, 0) is 19.1 Å². The van der Waals surface area contributed by atoms with E-state index in [2.05, 4.69) is 0 Å². The van der Waals surface area contributed by atoms with Crippen LogP contribution in [0.15, 0.2) is 24.3 Å². The Labute approximate surface area is 110 Å². The molecule has 0 saturated carbocycles. The Morgan fingerprint density at radius 3 is 2.26 bits per heavy atom. The highest BCUT2D eigenvalue weighted by molar-refractivity contribution is 5.26. The maximum atomic E-state index is 9.80. The van der Waals surface area contributed by atoms with Crippen LogP contribution in [0, 0.1) is 6.92 Å². The third-order valence-corrected chi connectivity index (χ3v) is 3.12. The zero-order valence-corrected chi connectivity index (χ0v) is 10.5. The highest BCUT2D eigenvalue weighted by Crippen LogP contribution is 2.24. The number of aliphatic hydroxyl groups is 4. The van der Waals surface area contributed by atoms with Crippen molar-refractivity contribution in [3.05, 3.63) is 29.8 Å². The molecule has 0 bridgehead atoms. The van der Waals surface area contributed by atoms with Crippen molar-refractivity contribution in [3.63, 3.8) is 0 Å². The topological polar surface area (TPSA) is 99.4 Å². The molecule has 1 saturated heterocycles. The van der Waals surface area contributed by atoms with Gasteiger partial charge in [0.05, 0.1) is 6.61 Å². The van der Waals surface area contributed by atoms with Crippen molar-refractivity contribution in [2.45, 2.75) is 37.6 Å². The van der Waals surface area contributed by atoms with Crippen LogP contribution in [0.4, 0.5) is 0 Å². The predicted molar refractivity (Wildman–Crippen MR) is 65.6 cm³/mol. The van der Waals surface area contributed by atoms with Gasteiger partial charge in [0.25, 0.3) is 0 Å². The molecule has 1 aliphatic rings. The van der Waals surface area contributed by atoms with Crippen molar-refractivity contribution in [1.82, 2.24) is 0 Å². The molecule has 2 rings (SSSR count). The Morgan fingerprint density at radius 2 is 1.68 bits per heavy atom. The third kappa shape index (κ3) is 3.05. The second-order valence-corrected chi connectivity index (χ2v) is 4.63. The van der Waals surface area contributed by atoms with E-state index in [1.807, 2.05) is 19.1 Å². The molecular weight excluding hydrogens is 252 g/mol. The van der Waals surface area contributed by atoms with Crippen LogP contribution in [0.5, 0.6) is 5.75 Å². The van der Waals surface area contributed by atoms with E-state index in [0.29, 0.717) is 5.75 Å². The van der Waals surface area contributed by atoms with E-state index in [1.54, 1.807) is 12.1 Å². The van der Waals surface area contributed by atoms with Crippen LogP contribution >= 0.6 is 0 Å². The summed E-state index contributed by atoms with van der Waals surface area (Å²) < 4.78 is 10.7. The lowest BCUT2D eigenvalue weighted by Gasteiger charge is -2.39. The molecular formula is C13H18O6. The van der Waals surface area contributed by atoms with Gasteiger partial charge in [0, 0.05) is 0 Å². The minimum Gasteiger partial charge on any atom is -0.462 e. The zero-order valence-electron chi connectivity index (χ0n) is 10.5. The monoisotopic (exact) mass is 270 g/mol. The van der Waals surface area contributed by atoms with Crippen LogP contribution in [0.3, 0.4) is 0 Å². The first-order valence-electron chi connectivity index (χ1n) is 6.07. The molecule has 0 radical (unpaired) electrons. The first-order valence-corrected chi connectivity index (χ1v) is 6.07. The summed E-state index contributed by atoms with van der Waals surface area (Å²) in [7, 11) is 0.